The van der Waals surface area contributed by atoms with Gasteiger partial charge in [-0.3, -0.25) is 0 Å². The fourth-order valence-corrected chi connectivity index (χ4v) is 4.26. The Labute approximate surface area is 227 Å². The SMILES string of the molecule is CC(C)(C)c1ccc2c(c1)[cH-]c1cc(C(C)(C)C)ccc12.C[Si](C)=[Zr+2].Cc1cc2ccccc2[cH-]1. The van der Waals surface area contributed by atoms with E-state index in [1.165, 1.54) is 49.0 Å². The summed E-state index contributed by atoms with van der Waals surface area (Å²) in [6, 6.07) is 29.0. The molecule has 5 aromatic carbocycles. The molecule has 0 atom stereocenters. The van der Waals surface area contributed by atoms with Crippen molar-refractivity contribution < 1.29 is 23.3 Å². The average molecular weight is 556 g/mol. The minimum atomic E-state index is 0.203. The molecule has 0 aliphatic rings. The monoisotopic (exact) mass is 554 g/mol. The quantitative estimate of drug-likeness (QED) is 0.132. The smallest absolute Gasteiger partial charge is 0.0579 e. The summed E-state index contributed by atoms with van der Waals surface area (Å²) in [6.07, 6.45) is 0. The maximum atomic E-state index is 2.35. The average Bonchev–Trinajstić information content (AvgIpc) is 3.30. The molecule has 0 aliphatic heterocycles. The molecule has 0 fully saturated rings. The maximum absolute atomic E-state index is 2.35. The molecule has 0 bridgehead atoms. The van der Waals surface area contributed by atoms with E-state index in [4.69, 9.17) is 0 Å². The first-order valence-corrected chi connectivity index (χ1v) is 18.7. The van der Waals surface area contributed by atoms with E-state index in [1.807, 2.05) is 0 Å². The molecule has 0 heterocycles. The molecule has 0 spiro atoms. The Balaban J connectivity index is 0.000000202. The van der Waals surface area contributed by atoms with Crippen molar-refractivity contribution in [3.05, 3.63) is 95.6 Å². The Bertz CT molecular complexity index is 1340. The largest absolute Gasteiger partial charge is 0.165 e. The van der Waals surface area contributed by atoms with Crippen molar-refractivity contribution in [1.82, 2.24) is 0 Å². The van der Waals surface area contributed by atoms with Crippen molar-refractivity contribution in [3.8, 4) is 0 Å². The molecular weight excluding hydrogens is 516 g/mol. The minimum Gasteiger partial charge on any atom is -0.165 e. The van der Waals surface area contributed by atoms with Crippen LogP contribution < -0.4 is 0 Å². The number of hydrogen-bond donors (Lipinski definition) is 0. The maximum Gasteiger partial charge on any atom is -0.0579 e. The Morgan fingerprint density at radius 1 is 0.629 bits per heavy atom. The van der Waals surface area contributed by atoms with E-state index in [0.717, 1.165) is 0 Å². The van der Waals surface area contributed by atoms with Crippen LogP contribution in [0.5, 0.6) is 0 Å². The van der Waals surface area contributed by atoms with E-state index in [9.17, 15) is 0 Å². The van der Waals surface area contributed by atoms with Crippen LogP contribution in [0.1, 0.15) is 58.2 Å². The van der Waals surface area contributed by atoms with Crippen molar-refractivity contribution in [3.63, 3.8) is 0 Å². The van der Waals surface area contributed by atoms with Gasteiger partial charge in [0.15, 0.2) is 0 Å². The van der Waals surface area contributed by atoms with Gasteiger partial charge in [0.05, 0.1) is 0 Å². The Kier molecular flexibility index (Phi) is 8.82. The summed E-state index contributed by atoms with van der Waals surface area (Å²) in [5.41, 5.74) is 4.77. The molecule has 0 aromatic heterocycles. The molecule has 0 saturated carbocycles. The van der Waals surface area contributed by atoms with Crippen LogP contribution in [0.2, 0.25) is 13.1 Å². The van der Waals surface area contributed by atoms with E-state index in [-0.39, 0.29) is 16.3 Å². The van der Waals surface area contributed by atoms with E-state index in [1.54, 1.807) is 23.3 Å². The van der Waals surface area contributed by atoms with Crippen LogP contribution in [-0.2, 0) is 34.2 Å². The third kappa shape index (κ3) is 7.37. The van der Waals surface area contributed by atoms with Gasteiger partial charge in [-0.25, -0.2) is 0 Å². The standard InChI is InChI=1S/C21H25.C10H9.C2H6Si.Zr/c1-20(2,3)16-7-9-18-14(12-16)11-15-13-17(21(4,5)6)8-10-19(15)18;1-8-6-9-4-2-3-5-10(9)7-8;1-3-2;/h7-13H,1-6H3;2-7H,1H3;1-2H3;/q2*-1;;+2. The first-order valence-electron chi connectivity index (χ1n) is 12.5. The van der Waals surface area contributed by atoms with Gasteiger partial charge in [0, 0.05) is 0 Å². The summed E-state index contributed by atoms with van der Waals surface area (Å²) in [4.78, 5) is 0. The molecule has 0 aliphatic carbocycles. The molecule has 5 rings (SSSR count). The van der Waals surface area contributed by atoms with Crippen LogP contribution in [0.3, 0.4) is 0 Å². The summed E-state index contributed by atoms with van der Waals surface area (Å²) in [6.45, 7) is 20.4. The van der Waals surface area contributed by atoms with Crippen molar-refractivity contribution in [1.29, 1.82) is 0 Å². The van der Waals surface area contributed by atoms with E-state index < -0.39 is 0 Å². The Morgan fingerprint density at radius 3 is 1.51 bits per heavy atom. The first-order chi connectivity index (χ1) is 16.3. The molecule has 0 unspecified atom stereocenters. The van der Waals surface area contributed by atoms with Crippen LogP contribution >= 0.6 is 0 Å². The number of fused-ring (bicyclic) bond motifs is 4. The second-order valence-electron chi connectivity index (χ2n) is 11.9. The number of benzene rings is 3. The van der Waals surface area contributed by atoms with Gasteiger partial charge in [-0.2, -0.15) is 6.07 Å². The molecule has 5 aromatic rings. The molecule has 180 valence electrons. The summed E-state index contributed by atoms with van der Waals surface area (Å²) in [5, 5.41) is 8.17. The van der Waals surface area contributed by atoms with Crippen LogP contribution in [0.15, 0.2) is 78.9 Å². The van der Waals surface area contributed by atoms with Crippen LogP contribution in [0, 0.1) is 6.92 Å². The molecule has 2 heteroatoms. The van der Waals surface area contributed by atoms with Crippen molar-refractivity contribution in [2.75, 3.05) is 0 Å². The van der Waals surface area contributed by atoms with Crippen LogP contribution in [0.25, 0.3) is 32.3 Å². The van der Waals surface area contributed by atoms with Gasteiger partial charge in [0.25, 0.3) is 0 Å². The van der Waals surface area contributed by atoms with E-state index in [0.29, 0.717) is 0 Å². The predicted molar refractivity (Wildman–Crippen MR) is 156 cm³/mol. The van der Waals surface area contributed by atoms with E-state index in [2.05, 4.69) is 140 Å². The van der Waals surface area contributed by atoms with Gasteiger partial charge in [-0.1, -0.05) is 89.9 Å². The van der Waals surface area contributed by atoms with Gasteiger partial charge in [-0.15, -0.1) is 80.3 Å². The zero-order valence-electron chi connectivity index (χ0n) is 23.0. The summed E-state index contributed by atoms with van der Waals surface area (Å²) >= 11 is 1.74. The molecule has 0 amide bonds. The Morgan fingerprint density at radius 2 is 1.09 bits per heavy atom. The summed E-state index contributed by atoms with van der Waals surface area (Å²) in [5.74, 6) is 0. The van der Waals surface area contributed by atoms with Crippen LogP contribution in [0.4, 0.5) is 0 Å². The molecule has 0 radical (unpaired) electrons. The zero-order valence-corrected chi connectivity index (χ0v) is 26.5. The topological polar surface area (TPSA) is 0 Å². The number of hydrogen-bond acceptors (Lipinski definition) is 0. The van der Waals surface area contributed by atoms with Gasteiger partial charge in [0.1, 0.15) is 0 Å². The van der Waals surface area contributed by atoms with Crippen LogP contribution in [-0.4, -0.2) is 5.43 Å². The molecule has 0 nitrogen and oxygen atoms in total. The number of rotatable bonds is 0. The molecule has 0 N–H and O–H groups in total. The second-order valence-corrected chi connectivity index (χ2v) is 21.3. The molecular formula is C33H40SiZr. The van der Waals surface area contributed by atoms with E-state index >= 15 is 0 Å². The third-order valence-electron chi connectivity index (χ3n) is 6.20. The number of aryl methyl sites for hydroxylation is 1. The normalized spacial score (nSPS) is 11.7. The fourth-order valence-electron chi connectivity index (χ4n) is 4.26. The predicted octanol–water partition coefficient (Wildman–Crippen LogP) is 9.96. The van der Waals surface area contributed by atoms with Gasteiger partial charge in [-0.05, 0) is 10.8 Å². The van der Waals surface area contributed by atoms with Gasteiger partial charge in [0.2, 0.25) is 0 Å². The second kappa shape index (κ2) is 11.1. The zero-order chi connectivity index (χ0) is 26.0. The van der Waals surface area contributed by atoms with Gasteiger partial charge < -0.3 is 0 Å². The van der Waals surface area contributed by atoms with Crippen molar-refractivity contribution >= 4 is 37.8 Å². The summed E-state index contributed by atoms with van der Waals surface area (Å²) < 4.78 is 0. The van der Waals surface area contributed by atoms with Crippen molar-refractivity contribution in [2.24, 2.45) is 0 Å². The summed E-state index contributed by atoms with van der Waals surface area (Å²) in [7, 11) is 0. The third-order valence-corrected chi connectivity index (χ3v) is 6.20. The van der Waals surface area contributed by atoms with Gasteiger partial charge >= 0.3 is 41.9 Å². The van der Waals surface area contributed by atoms with Crippen molar-refractivity contribution in [2.45, 2.75) is 72.4 Å². The Hall–Kier alpha value is -1.76. The first kappa shape index (κ1) is 27.8. The molecule has 35 heavy (non-hydrogen) atoms. The minimum absolute atomic E-state index is 0.203. The fraction of sp³-hybridized carbons (Fsp3) is 0.333. The molecule has 0 saturated heterocycles.